The number of aliphatic carboxylic acids is 3. The molecule has 15 nitrogen and oxygen atoms in total. The Morgan fingerprint density at radius 2 is 1.61 bits per heavy atom. The molecule has 0 saturated carbocycles. The van der Waals surface area contributed by atoms with Crippen LogP contribution in [0.2, 0.25) is 0 Å². The van der Waals surface area contributed by atoms with Crippen LogP contribution in [0.25, 0.3) is 0 Å². The largest absolute Gasteiger partial charge is 0.481 e. The second kappa shape index (κ2) is 12.7. The Morgan fingerprint density at radius 1 is 0.970 bits per heavy atom. The lowest BCUT2D eigenvalue weighted by Crippen LogP contribution is -2.56. The molecule has 0 bridgehead atoms. The molecule has 15 heteroatoms. The second-order valence-electron chi connectivity index (χ2n) is 7.11. The summed E-state index contributed by atoms with van der Waals surface area (Å²) in [4.78, 5) is 76.4. The number of aromatic amines is 1. The van der Waals surface area contributed by atoms with Crippen LogP contribution >= 0.6 is 0 Å². The van der Waals surface area contributed by atoms with Gasteiger partial charge < -0.3 is 42.0 Å². The summed E-state index contributed by atoms with van der Waals surface area (Å²) in [5, 5.41) is 33.6. The Labute approximate surface area is 187 Å². The highest BCUT2D eigenvalue weighted by atomic mass is 16.4. The minimum atomic E-state index is -1.48. The zero-order valence-electron chi connectivity index (χ0n) is 17.6. The maximum absolute atomic E-state index is 12.5. The average Bonchev–Trinajstić information content (AvgIpc) is 3.22. The van der Waals surface area contributed by atoms with Crippen LogP contribution in [0.5, 0.6) is 0 Å². The quantitative estimate of drug-likeness (QED) is 0.137. The SMILES string of the molecule is CC(NC(=O)C(CCC(=O)O)NC(=O)C(N)CC(=O)O)C(=O)NC(Cc1cnc[nH]1)C(=O)O. The van der Waals surface area contributed by atoms with Gasteiger partial charge in [-0.05, 0) is 13.3 Å². The number of carboxylic acids is 3. The zero-order chi connectivity index (χ0) is 25.1. The molecular weight excluding hydrogens is 444 g/mol. The highest BCUT2D eigenvalue weighted by molar-refractivity contribution is 5.94. The number of carboxylic acid groups (broad SMARTS) is 3. The smallest absolute Gasteiger partial charge is 0.326 e. The zero-order valence-corrected chi connectivity index (χ0v) is 17.6. The van der Waals surface area contributed by atoms with Crippen molar-refractivity contribution in [2.75, 3.05) is 0 Å². The molecule has 0 saturated heterocycles. The molecule has 4 atom stereocenters. The number of nitrogens with zero attached hydrogens (tertiary/aromatic N) is 1. The molecular formula is C18H26N6O9. The number of hydrogen-bond acceptors (Lipinski definition) is 8. The molecule has 33 heavy (non-hydrogen) atoms. The van der Waals surface area contributed by atoms with Crippen molar-refractivity contribution < 1.29 is 44.1 Å². The molecule has 0 aliphatic rings. The molecule has 0 aliphatic heterocycles. The van der Waals surface area contributed by atoms with Gasteiger partial charge in [0, 0.05) is 24.7 Å². The second-order valence-corrected chi connectivity index (χ2v) is 7.11. The highest BCUT2D eigenvalue weighted by Crippen LogP contribution is 2.03. The number of imidazole rings is 1. The van der Waals surface area contributed by atoms with Gasteiger partial charge in [-0.25, -0.2) is 9.78 Å². The molecule has 9 N–H and O–H groups in total. The third-order valence-electron chi connectivity index (χ3n) is 4.36. The fraction of sp³-hybridized carbons (Fsp3) is 0.500. The van der Waals surface area contributed by atoms with Crippen LogP contribution in [0.15, 0.2) is 12.5 Å². The Morgan fingerprint density at radius 3 is 2.12 bits per heavy atom. The summed E-state index contributed by atoms with van der Waals surface area (Å²) in [6.07, 6.45) is 1.03. The van der Waals surface area contributed by atoms with Gasteiger partial charge in [-0.3, -0.25) is 24.0 Å². The molecule has 0 aliphatic carbocycles. The molecule has 1 heterocycles. The van der Waals surface area contributed by atoms with E-state index in [9.17, 15) is 33.9 Å². The van der Waals surface area contributed by atoms with Gasteiger partial charge in [0.2, 0.25) is 17.7 Å². The van der Waals surface area contributed by atoms with Gasteiger partial charge in [-0.2, -0.15) is 0 Å². The molecule has 182 valence electrons. The van der Waals surface area contributed by atoms with Gasteiger partial charge in [-0.15, -0.1) is 0 Å². The minimum absolute atomic E-state index is 0.0967. The van der Waals surface area contributed by atoms with Crippen molar-refractivity contribution in [2.45, 2.75) is 56.8 Å². The Hall–Kier alpha value is -4.01. The van der Waals surface area contributed by atoms with Crippen LogP contribution in [-0.4, -0.2) is 85.1 Å². The lowest BCUT2D eigenvalue weighted by Gasteiger charge is -2.23. The van der Waals surface area contributed by atoms with Crippen molar-refractivity contribution in [1.82, 2.24) is 25.9 Å². The highest BCUT2D eigenvalue weighted by Gasteiger charge is 2.29. The van der Waals surface area contributed by atoms with Crippen molar-refractivity contribution in [1.29, 1.82) is 0 Å². The van der Waals surface area contributed by atoms with Crippen LogP contribution in [0.1, 0.15) is 31.9 Å². The van der Waals surface area contributed by atoms with Crippen LogP contribution in [0.4, 0.5) is 0 Å². The fourth-order valence-electron chi connectivity index (χ4n) is 2.59. The van der Waals surface area contributed by atoms with E-state index in [0.717, 1.165) is 0 Å². The van der Waals surface area contributed by atoms with Crippen LogP contribution in [0, 0.1) is 0 Å². The molecule has 1 aromatic heterocycles. The van der Waals surface area contributed by atoms with Crippen LogP contribution in [-0.2, 0) is 35.2 Å². The molecule has 1 rings (SSSR count). The molecule has 0 spiro atoms. The number of carbonyl (C=O) groups excluding carboxylic acids is 3. The molecule has 1 aromatic rings. The van der Waals surface area contributed by atoms with E-state index in [1.165, 1.54) is 19.4 Å². The first-order chi connectivity index (χ1) is 15.4. The van der Waals surface area contributed by atoms with Crippen molar-refractivity contribution in [3.63, 3.8) is 0 Å². The molecule has 4 unspecified atom stereocenters. The summed E-state index contributed by atoms with van der Waals surface area (Å²) in [5.41, 5.74) is 5.90. The first kappa shape index (κ1) is 27.0. The number of carbonyl (C=O) groups is 6. The predicted octanol–water partition coefficient (Wildman–Crippen LogP) is -2.82. The number of rotatable bonds is 14. The fourth-order valence-corrected chi connectivity index (χ4v) is 2.59. The normalized spacial score (nSPS) is 14.2. The van der Waals surface area contributed by atoms with Gasteiger partial charge in [-0.1, -0.05) is 0 Å². The third-order valence-corrected chi connectivity index (χ3v) is 4.36. The number of amides is 3. The van der Waals surface area contributed by atoms with Crippen molar-refractivity contribution in [3.05, 3.63) is 18.2 Å². The summed E-state index contributed by atoms with van der Waals surface area (Å²) < 4.78 is 0. The summed E-state index contributed by atoms with van der Waals surface area (Å²) in [7, 11) is 0. The summed E-state index contributed by atoms with van der Waals surface area (Å²) in [6, 6.07) is -5.49. The van der Waals surface area contributed by atoms with E-state index >= 15 is 0 Å². The van der Waals surface area contributed by atoms with Crippen molar-refractivity contribution in [3.8, 4) is 0 Å². The van der Waals surface area contributed by atoms with E-state index in [1.54, 1.807) is 0 Å². The van der Waals surface area contributed by atoms with Crippen molar-refractivity contribution >= 4 is 35.6 Å². The number of hydrogen-bond donors (Lipinski definition) is 8. The first-order valence-corrected chi connectivity index (χ1v) is 9.71. The number of H-pyrrole nitrogens is 1. The van der Waals surface area contributed by atoms with Gasteiger partial charge in [0.25, 0.3) is 0 Å². The molecule has 3 amide bonds. The van der Waals surface area contributed by atoms with E-state index in [0.29, 0.717) is 5.69 Å². The Kier molecular flexibility index (Phi) is 10.4. The third kappa shape index (κ3) is 9.77. The average molecular weight is 470 g/mol. The first-order valence-electron chi connectivity index (χ1n) is 9.71. The lowest BCUT2D eigenvalue weighted by molar-refractivity contribution is -0.142. The van der Waals surface area contributed by atoms with Gasteiger partial charge in [0.15, 0.2) is 0 Å². The van der Waals surface area contributed by atoms with Crippen LogP contribution < -0.4 is 21.7 Å². The number of nitrogens with two attached hydrogens (primary N) is 1. The molecule has 0 aromatic carbocycles. The van der Waals surface area contributed by atoms with E-state index in [1.807, 2.05) is 0 Å². The Balaban J connectivity index is 2.78. The van der Waals surface area contributed by atoms with E-state index in [2.05, 4.69) is 25.9 Å². The predicted molar refractivity (Wildman–Crippen MR) is 108 cm³/mol. The molecule has 0 radical (unpaired) electrons. The van der Waals surface area contributed by atoms with Gasteiger partial charge in [0.1, 0.15) is 18.1 Å². The maximum Gasteiger partial charge on any atom is 0.326 e. The standard InChI is InChI=1S/C18H26N6O9/c1-8(15(29)24-12(18(32)33)4-9-6-20-7-21-9)22-17(31)11(2-3-13(25)26)23-16(30)10(19)5-14(27)28/h6-8,10-12H,2-5,19H2,1H3,(H,20,21)(H,22,31)(H,23,30)(H,24,29)(H,25,26)(H,27,28)(H,32,33). The topological polar surface area (TPSA) is 254 Å². The van der Waals surface area contributed by atoms with E-state index in [4.69, 9.17) is 15.9 Å². The lowest BCUT2D eigenvalue weighted by atomic mass is 10.1. The summed E-state index contributed by atoms with van der Waals surface area (Å²) in [5.74, 6) is -6.71. The van der Waals surface area contributed by atoms with Crippen LogP contribution in [0.3, 0.4) is 0 Å². The maximum atomic E-state index is 12.5. The summed E-state index contributed by atoms with van der Waals surface area (Å²) in [6.45, 7) is 1.26. The minimum Gasteiger partial charge on any atom is -0.481 e. The van der Waals surface area contributed by atoms with Gasteiger partial charge >= 0.3 is 17.9 Å². The monoisotopic (exact) mass is 470 g/mol. The molecule has 0 fully saturated rings. The summed E-state index contributed by atoms with van der Waals surface area (Å²) >= 11 is 0. The van der Waals surface area contributed by atoms with Crippen molar-refractivity contribution in [2.24, 2.45) is 5.73 Å². The van der Waals surface area contributed by atoms with Gasteiger partial charge in [0.05, 0.1) is 18.8 Å². The number of nitrogens with one attached hydrogen (secondary N) is 4. The van der Waals surface area contributed by atoms with E-state index in [-0.39, 0.29) is 12.8 Å². The van der Waals surface area contributed by atoms with E-state index < -0.39 is 72.6 Å². The Bertz CT molecular complexity index is 873. The number of aromatic nitrogens is 2.